The molecule has 1 heterocycles. The van der Waals surface area contributed by atoms with Crippen molar-refractivity contribution in [1.29, 1.82) is 0 Å². The van der Waals surface area contributed by atoms with Crippen LogP contribution in [-0.4, -0.2) is 23.1 Å². The van der Waals surface area contributed by atoms with Gasteiger partial charge in [-0.3, -0.25) is 0 Å². The molecule has 4 nitrogen and oxygen atoms in total. The van der Waals surface area contributed by atoms with Gasteiger partial charge in [0.1, 0.15) is 11.6 Å². The minimum absolute atomic E-state index is 0.350. The number of rotatable bonds is 6. The molecule has 112 valence electrons. The first kappa shape index (κ1) is 15.3. The van der Waals surface area contributed by atoms with Crippen molar-refractivity contribution >= 4 is 5.82 Å². The molecule has 4 heteroatoms. The molecule has 0 saturated heterocycles. The third-order valence-electron chi connectivity index (χ3n) is 3.12. The van der Waals surface area contributed by atoms with E-state index in [-0.39, 0.29) is 0 Å². The molecule has 0 aliphatic carbocycles. The normalized spacial score (nSPS) is 10.7. The number of benzene rings is 1. The first-order chi connectivity index (χ1) is 10.2. The van der Waals surface area contributed by atoms with E-state index >= 15 is 0 Å². The molecule has 0 aliphatic rings. The van der Waals surface area contributed by atoms with E-state index in [1.807, 2.05) is 37.3 Å². The van der Waals surface area contributed by atoms with Crippen molar-refractivity contribution in [2.24, 2.45) is 0 Å². The molecule has 0 saturated carbocycles. The molecular formula is C17H23N3O. The van der Waals surface area contributed by atoms with Crippen molar-refractivity contribution in [1.82, 2.24) is 9.97 Å². The summed E-state index contributed by atoms with van der Waals surface area (Å²) in [5, 5.41) is 3.27. The lowest BCUT2D eigenvalue weighted by Gasteiger charge is -2.13. The largest absolute Gasteiger partial charge is 0.493 e. The van der Waals surface area contributed by atoms with Crippen LogP contribution in [0.3, 0.4) is 0 Å². The topological polar surface area (TPSA) is 47.0 Å². The number of nitrogens with one attached hydrogen (secondary N) is 1. The first-order valence-electron chi connectivity index (χ1n) is 7.50. The summed E-state index contributed by atoms with van der Waals surface area (Å²) >= 11 is 0. The van der Waals surface area contributed by atoms with Crippen LogP contribution < -0.4 is 10.1 Å². The number of aromatic nitrogens is 2. The second-order valence-corrected chi connectivity index (χ2v) is 5.12. The van der Waals surface area contributed by atoms with E-state index in [2.05, 4.69) is 31.1 Å². The highest BCUT2D eigenvalue weighted by Crippen LogP contribution is 2.29. The molecule has 2 aromatic rings. The molecule has 0 atom stereocenters. The van der Waals surface area contributed by atoms with Gasteiger partial charge in [0.25, 0.3) is 0 Å². The Labute approximate surface area is 126 Å². The van der Waals surface area contributed by atoms with Gasteiger partial charge in [-0.25, -0.2) is 9.97 Å². The maximum Gasteiger partial charge on any atom is 0.165 e. The number of nitrogens with zero attached hydrogens (tertiary/aromatic N) is 2. The molecule has 0 bridgehead atoms. The molecule has 0 amide bonds. The van der Waals surface area contributed by atoms with Crippen LogP contribution in [-0.2, 0) is 0 Å². The molecule has 1 N–H and O–H groups in total. The molecule has 1 aromatic heterocycles. The molecule has 0 unspecified atom stereocenters. The van der Waals surface area contributed by atoms with E-state index in [0.29, 0.717) is 18.3 Å². The molecule has 0 aliphatic heterocycles. The smallest absolute Gasteiger partial charge is 0.165 e. The maximum atomic E-state index is 5.69. The van der Waals surface area contributed by atoms with Crippen LogP contribution >= 0.6 is 0 Å². The zero-order chi connectivity index (χ0) is 15.2. The zero-order valence-corrected chi connectivity index (χ0v) is 13.2. The second kappa shape index (κ2) is 7.07. The maximum absolute atomic E-state index is 5.69. The lowest BCUT2D eigenvalue weighted by molar-refractivity contribution is 0.341. The van der Waals surface area contributed by atoms with E-state index in [4.69, 9.17) is 9.72 Å². The number of hydrogen-bond acceptors (Lipinski definition) is 4. The summed E-state index contributed by atoms with van der Waals surface area (Å²) < 4.78 is 5.69. The molecule has 0 radical (unpaired) electrons. The van der Waals surface area contributed by atoms with Gasteiger partial charge in [-0.2, -0.15) is 0 Å². The Bertz CT molecular complexity index is 596. The van der Waals surface area contributed by atoms with E-state index in [1.165, 1.54) is 0 Å². The van der Waals surface area contributed by atoms with Gasteiger partial charge in [0.2, 0.25) is 0 Å². The average Bonchev–Trinajstić information content (AvgIpc) is 2.48. The van der Waals surface area contributed by atoms with E-state index < -0.39 is 0 Å². The van der Waals surface area contributed by atoms with Crippen LogP contribution in [0.1, 0.15) is 39.3 Å². The van der Waals surface area contributed by atoms with E-state index in [9.17, 15) is 0 Å². The van der Waals surface area contributed by atoms with Gasteiger partial charge in [0.15, 0.2) is 5.82 Å². The minimum atomic E-state index is 0.350. The van der Waals surface area contributed by atoms with E-state index in [1.54, 1.807) is 0 Å². The number of ether oxygens (including phenoxy) is 1. The summed E-state index contributed by atoms with van der Waals surface area (Å²) in [5.74, 6) is 2.74. The van der Waals surface area contributed by atoms with Gasteiger partial charge >= 0.3 is 0 Å². The third-order valence-corrected chi connectivity index (χ3v) is 3.12. The van der Waals surface area contributed by atoms with Crippen molar-refractivity contribution in [3.05, 3.63) is 36.0 Å². The van der Waals surface area contributed by atoms with Gasteiger partial charge in [-0.05, 0) is 31.9 Å². The summed E-state index contributed by atoms with van der Waals surface area (Å²) in [4.78, 5) is 9.31. The highest BCUT2D eigenvalue weighted by atomic mass is 16.5. The molecule has 1 aromatic carbocycles. The van der Waals surface area contributed by atoms with Crippen LogP contribution in [0.4, 0.5) is 5.82 Å². The average molecular weight is 285 g/mol. The van der Waals surface area contributed by atoms with Gasteiger partial charge in [-0.1, -0.05) is 26.0 Å². The predicted molar refractivity (Wildman–Crippen MR) is 86.9 cm³/mol. The summed E-state index contributed by atoms with van der Waals surface area (Å²) in [7, 11) is 0. The molecular weight excluding hydrogens is 262 g/mol. The van der Waals surface area contributed by atoms with Crippen LogP contribution in [0.15, 0.2) is 30.3 Å². The lowest BCUT2D eigenvalue weighted by atomic mass is 10.1. The molecule has 0 spiro atoms. The number of anilines is 1. The van der Waals surface area contributed by atoms with Crippen molar-refractivity contribution in [2.75, 3.05) is 18.5 Å². The minimum Gasteiger partial charge on any atom is -0.493 e. The van der Waals surface area contributed by atoms with Crippen molar-refractivity contribution in [3.63, 3.8) is 0 Å². The summed E-state index contributed by atoms with van der Waals surface area (Å²) in [5.41, 5.74) is 1.96. The van der Waals surface area contributed by atoms with Crippen LogP contribution in [0.5, 0.6) is 5.75 Å². The van der Waals surface area contributed by atoms with Crippen molar-refractivity contribution < 1.29 is 4.74 Å². The van der Waals surface area contributed by atoms with Gasteiger partial charge < -0.3 is 10.1 Å². The Morgan fingerprint density at radius 1 is 1.14 bits per heavy atom. The lowest BCUT2D eigenvalue weighted by Crippen LogP contribution is -2.05. The quantitative estimate of drug-likeness (QED) is 0.868. The molecule has 21 heavy (non-hydrogen) atoms. The van der Waals surface area contributed by atoms with Crippen molar-refractivity contribution in [2.45, 2.75) is 33.6 Å². The first-order valence-corrected chi connectivity index (χ1v) is 7.50. The summed E-state index contributed by atoms with van der Waals surface area (Å²) in [6, 6.07) is 9.92. The predicted octanol–water partition coefficient (Wildman–Crippen LogP) is 4.10. The Kier molecular flexibility index (Phi) is 5.14. The highest BCUT2D eigenvalue weighted by molar-refractivity contribution is 5.65. The zero-order valence-electron chi connectivity index (χ0n) is 13.2. The fourth-order valence-corrected chi connectivity index (χ4v) is 2.09. The SMILES string of the molecule is CCNc1cc(C(C)C)nc(-c2ccccc2OCC)n1. The van der Waals surface area contributed by atoms with Crippen LogP contribution in [0, 0.1) is 0 Å². The van der Waals surface area contributed by atoms with Gasteiger partial charge in [0.05, 0.1) is 12.2 Å². The molecule has 0 fully saturated rings. The number of hydrogen-bond donors (Lipinski definition) is 1. The fourth-order valence-electron chi connectivity index (χ4n) is 2.09. The fraction of sp³-hybridized carbons (Fsp3) is 0.412. The summed E-state index contributed by atoms with van der Waals surface area (Å²) in [6.45, 7) is 9.77. The number of para-hydroxylation sites is 1. The second-order valence-electron chi connectivity index (χ2n) is 5.12. The van der Waals surface area contributed by atoms with Gasteiger partial charge in [-0.15, -0.1) is 0 Å². The van der Waals surface area contributed by atoms with E-state index in [0.717, 1.165) is 29.4 Å². The Morgan fingerprint density at radius 3 is 2.57 bits per heavy atom. The van der Waals surface area contributed by atoms with Crippen LogP contribution in [0.2, 0.25) is 0 Å². The van der Waals surface area contributed by atoms with Crippen LogP contribution in [0.25, 0.3) is 11.4 Å². The Balaban J connectivity index is 2.52. The van der Waals surface area contributed by atoms with Gasteiger partial charge in [0, 0.05) is 18.3 Å². The summed E-state index contributed by atoms with van der Waals surface area (Å²) in [6.07, 6.45) is 0. The monoisotopic (exact) mass is 285 g/mol. The standard InChI is InChI=1S/C17H23N3O/c1-5-18-16-11-14(12(3)4)19-17(20-16)13-9-7-8-10-15(13)21-6-2/h7-12H,5-6H2,1-4H3,(H,18,19,20). The Morgan fingerprint density at radius 2 is 1.90 bits per heavy atom. The third kappa shape index (κ3) is 3.72. The highest BCUT2D eigenvalue weighted by Gasteiger charge is 2.12. The molecule has 2 rings (SSSR count). The van der Waals surface area contributed by atoms with Crippen molar-refractivity contribution in [3.8, 4) is 17.1 Å². The Hall–Kier alpha value is -2.10.